The predicted octanol–water partition coefficient (Wildman–Crippen LogP) is 1.81. The topological polar surface area (TPSA) is 84.3 Å². The van der Waals surface area contributed by atoms with E-state index >= 15 is 0 Å². The zero-order valence-electron chi connectivity index (χ0n) is 14.7. The van der Waals surface area contributed by atoms with E-state index in [2.05, 4.69) is 11.1 Å². The molecule has 0 saturated carbocycles. The summed E-state index contributed by atoms with van der Waals surface area (Å²) in [6.07, 6.45) is 0.966. The molecule has 0 spiro atoms. The smallest absolute Gasteiger partial charge is 0.330 e. The molecule has 2 aromatic carbocycles. The number of nitrogens with zero attached hydrogens (tertiary/aromatic N) is 1. The summed E-state index contributed by atoms with van der Waals surface area (Å²) >= 11 is 0. The summed E-state index contributed by atoms with van der Waals surface area (Å²) in [5.41, 5.74) is 1.38. The molecule has 1 heterocycles. The minimum absolute atomic E-state index is 0.00785. The lowest BCUT2D eigenvalue weighted by Gasteiger charge is -2.16. The van der Waals surface area contributed by atoms with Crippen LogP contribution in [-0.4, -0.2) is 27.9 Å². The molecule has 0 bridgehead atoms. The number of aliphatic hydroxyl groups excluding tert-OH is 1. The molecule has 6 heteroatoms. The van der Waals surface area contributed by atoms with E-state index in [-0.39, 0.29) is 25.5 Å². The maximum Gasteiger partial charge on any atom is 0.330 e. The first kappa shape index (κ1) is 18.1. The molecule has 0 radical (unpaired) electrons. The van der Waals surface area contributed by atoms with Crippen molar-refractivity contribution in [2.24, 2.45) is 0 Å². The van der Waals surface area contributed by atoms with Gasteiger partial charge in [0.15, 0.2) is 0 Å². The van der Waals surface area contributed by atoms with E-state index in [4.69, 9.17) is 9.84 Å². The fourth-order valence-electron chi connectivity index (χ4n) is 3.12. The van der Waals surface area contributed by atoms with Crippen LogP contribution >= 0.6 is 0 Å². The van der Waals surface area contributed by atoms with E-state index in [9.17, 15) is 9.59 Å². The molecule has 0 amide bonds. The van der Waals surface area contributed by atoms with Crippen molar-refractivity contribution in [2.45, 2.75) is 26.5 Å². The largest absolute Gasteiger partial charge is 0.394 e. The van der Waals surface area contributed by atoms with Gasteiger partial charge >= 0.3 is 5.69 Å². The maximum atomic E-state index is 12.3. The number of H-pyrrole nitrogens is 1. The van der Waals surface area contributed by atoms with Gasteiger partial charge in [0.05, 0.1) is 13.2 Å². The Morgan fingerprint density at radius 2 is 1.88 bits per heavy atom. The second-order valence-electron chi connectivity index (χ2n) is 6.09. The van der Waals surface area contributed by atoms with E-state index in [0.29, 0.717) is 24.1 Å². The van der Waals surface area contributed by atoms with Crippen molar-refractivity contribution >= 4 is 10.8 Å². The molecule has 0 unspecified atom stereocenters. The monoisotopic (exact) mass is 354 g/mol. The molecule has 0 atom stereocenters. The van der Waals surface area contributed by atoms with Crippen molar-refractivity contribution in [1.82, 2.24) is 9.55 Å². The minimum atomic E-state index is -0.499. The van der Waals surface area contributed by atoms with Crippen LogP contribution in [0.4, 0.5) is 0 Å². The van der Waals surface area contributed by atoms with Gasteiger partial charge in [-0.1, -0.05) is 49.4 Å². The summed E-state index contributed by atoms with van der Waals surface area (Å²) in [6.45, 7) is 1.88. The van der Waals surface area contributed by atoms with Gasteiger partial charge in [-0.25, -0.2) is 4.79 Å². The Labute approximate surface area is 150 Å². The van der Waals surface area contributed by atoms with Gasteiger partial charge in [-0.2, -0.15) is 0 Å². The van der Waals surface area contributed by atoms with Crippen LogP contribution in [0, 0.1) is 0 Å². The zero-order valence-corrected chi connectivity index (χ0v) is 14.7. The normalized spacial score (nSPS) is 11.2. The summed E-state index contributed by atoms with van der Waals surface area (Å²) < 4.78 is 6.76. The number of rotatable bonds is 7. The lowest BCUT2D eigenvalue weighted by molar-refractivity contribution is 0.0442. The maximum absolute atomic E-state index is 12.3. The van der Waals surface area contributed by atoms with Crippen molar-refractivity contribution < 1.29 is 9.84 Å². The third-order valence-corrected chi connectivity index (χ3v) is 4.41. The van der Waals surface area contributed by atoms with Crippen molar-refractivity contribution in [3.05, 3.63) is 80.1 Å². The number of nitrogens with one attached hydrogen (secondary N) is 1. The van der Waals surface area contributed by atoms with Crippen molar-refractivity contribution in [3.63, 3.8) is 0 Å². The van der Waals surface area contributed by atoms with E-state index < -0.39 is 5.69 Å². The number of benzene rings is 2. The molecule has 0 aliphatic carbocycles. The third kappa shape index (κ3) is 3.76. The molecule has 26 heavy (non-hydrogen) atoms. The highest BCUT2D eigenvalue weighted by molar-refractivity contribution is 5.83. The van der Waals surface area contributed by atoms with E-state index in [0.717, 1.165) is 16.3 Å². The SMILES string of the molecule is CCc1c(Cc2ccc3ccccc3c2)n(COCCO)c(=O)[nH]c1=O. The van der Waals surface area contributed by atoms with E-state index in [1.54, 1.807) is 0 Å². The molecule has 3 aromatic rings. The Morgan fingerprint density at radius 1 is 1.12 bits per heavy atom. The Bertz CT molecular complexity index is 1020. The quantitative estimate of drug-likeness (QED) is 0.634. The summed E-state index contributed by atoms with van der Waals surface area (Å²) in [7, 11) is 0. The van der Waals surface area contributed by atoms with Crippen molar-refractivity contribution in [2.75, 3.05) is 13.2 Å². The van der Waals surface area contributed by atoms with Crippen LogP contribution in [0.15, 0.2) is 52.1 Å². The highest BCUT2D eigenvalue weighted by atomic mass is 16.5. The molecule has 3 rings (SSSR count). The molecule has 0 aliphatic heterocycles. The number of fused-ring (bicyclic) bond motifs is 1. The Kier molecular flexibility index (Phi) is 5.65. The van der Waals surface area contributed by atoms with Gasteiger partial charge in [0.25, 0.3) is 5.56 Å². The molecule has 0 aliphatic rings. The van der Waals surface area contributed by atoms with E-state index in [1.807, 2.05) is 43.3 Å². The van der Waals surface area contributed by atoms with Gasteiger partial charge < -0.3 is 9.84 Å². The highest BCUT2D eigenvalue weighted by Crippen LogP contribution is 2.18. The number of hydrogen-bond donors (Lipinski definition) is 2. The van der Waals surface area contributed by atoms with Gasteiger partial charge in [0, 0.05) is 17.7 Å². The Hall–Kier alpha value is -2.70. The first-order valence-electron chi connectivity index (χ1n) is 8.65. The van der Waals surface area contributed by atoms with Crippen LogP contribution in [-0.2, 0) is 24.3 Å². The van der Waals surface area contributed by atoms with Crippen molar-refractivity contribution in [3.8, 4) is 0 Å². The fourth-order valence-corrected chi connectivity index (χ4v) is 3.12. The molecular weight excluding hydrogens is 332 g/mol. The summed E-state index contributed by atoms with van der Waals surface area (Å²) in [5.74, 6) is 0. The first-order chi connectivity index (χ1) is 12.6. The summed E-state index contributed by atoms with van der Waals surface area (Å²) in [4.78, 5) is 26.9. The van der Waals surface area contributed by atoms with Crippen LogP contribution in [0.5, 0.6) is 0 Å². The molecule has 2 N–H and O–H groups in total. The summed E-state index contributed by atoms with van der Waals surface area (Å²) in [5, 5.41) is 11.1. The standard InChI is InChI=1S/C20H22N2O4/c1-2-17-18(22(13-26-10-9-23)20(25)21-19(17)24)12-14-7-8-15-5-3-4-6-16(15)11-14/h3-8,11,23H,2,9-10,12-13H2,1H3,(H,21,24,25). The van der Waals surface area contributed by atoms with Gasteiger partial charge in [-0.05, 0) is 22.8 Å². The molecule has 1 aromatic heterocycles. The fraction of sp³-hybridized carbons (Fsp3) is 0.300. The molecular formula is C20H22N2O4. The van der Waals surface area contributed by atoms with Crippen LogP contribution < -0.4 is 11.2 Å². The number of aromatic nitrogens is 2. The second-order valence-corrected chi connectivity index (χ2v) is 6.09. The third-order valence-electron chi connectivity index (χ3n) is 4.41. The molecule has 0 fully saturated rings. The first-order valence-corrected chi connectivity index (χ1v) is 8.65. The van der Waals surface area contributed by atoms with Gasteiger partial charge in [0.1, 0.15) is 6.73 Å². The molecule has 136 valence electrons. The van der Waals surface area contributed by atoms with Crippen LogP contribution in [0.1, 0.15) is 23.7 Å². The Morgan fingerprint density at radius 3 is 2.62 bits per heavy atom. The minimum Gasteiger partial charge on any atom is -0.394 e. The zero-order chi connectivity index (χ0) is 18.5. The summed E-state index contributed by atoms with van der Waals surface area (Å²) in [6, 6.07) is 14.2. The number of ether oxygens (including phenoxy) is 1. The van der Waals surface area contributed by atoms with Crippen LogP contribution in [0.25, 0.3) is 10.8 Å². The van der Waals surface area contributed by atoms with Crippen LogP contribution in [0.2, 0.25) is 0 Å². The molecule has 6 nitrogen and oxygen atoms in total. The average Bonchev–Trinajstić information content (AvgIpc) is 2.64. The van der Waals surface area contributed by atoms with Gasteiger partial charge in [-0.3, -0.25) is 14.3 Å². The van der Waals surface area contributed by atoms with E-state index in [1.165, 1.54) is 4.57 Å². The number of hydrogen-bond acceptors (Lipinski definition) is 4. The van der Waals surface area contributed by atoms with Gasteiger partial charge in [0.2, 0.25) is 0 Å². The van der Waals surface area contributed by atoms with Crippen molar-refractivity contribution in [1.29, 1.82) is 0 Å². The lowest BCUT2D eigenvalue weighted by Crippen LogP contribution is -2.36. The van der Waals surface area contributed by atoms with Crippen LogP contribution in [0.3, 0.4) is 0 Å². The number of aromatic amines is 1. The van der Waals surface area contributed by atoms with Gasteiger partial charge in [-0.15, -0.1) is 0 Å². The Balaban J connectivity index is 2.05. The lowest BCUT2D eigenvalue weighted by atomic mass is 10.0. The predicted molar refractivity (Wildman–Crippen MR) is 100 cm³/mol. The second kappa shape index (κ2) is 8.12. The average molecular weight is 354 g/mol. The molecule has 0 saturated heterocycles. The number of aliphatic hydroxyl groups is 1. The highest BCUT2D eigenvalue weighted by Gasteiger charge is 2.14.